The number of nitrogens with one attached hydrogen (secondary N) is 3. The van der Waals surface area contributed by atoms with Gasteiger partial charge in [0.05, 0.1) is 0 Å². The zero-order valence-electron chi connectivity index (χ0n) is 12.1. The first-order valence-corrected chi connectivity index (χ1v) is 7.60. The number of thioether (sulfide) groups is 1. The average molecular weight is 274 g/mol. The fraction of sp³-hybridized carbons (Fsp3) is 0.833. The SMILES string of the molecule is CCNC(=NCC(=O)NC(C)(C)C)NCCSC. The van der Waals surface area contributed by atoms with Crippen LogP contribution in [0.15, 0.2) is 4.99 Å². The van der Waals surface area contributed by atoms with E-state index < -0.39 is 0 Å². The van der Waals surface area contributed by atoms with Gasteiger partial charge in [0.15, 0.2) is 5.96 Å². The van der Waals surface area contributed by atoms with Crippen molar-refractivity contribution in [1.29, 1.82) is 0 Å². The molecule has 3 N–H and O–H groups in total. The Morgan fingerprint density at radius 2 is 1.94 bits per heavy atom. The van der Waals surface area contributed by atoms with Crippen LogP contribution in [-0.2, 0) is 4.79 Å². The van der Waals surface area contributed by atoms with Crippen LogP contribution in [-0.4, -0.2) is 49.0 Å². The highest BCUT2D eigenvalue weighted by Gasteiger charge is 2.13. The summed E-state index contributed by atoms with van der Waals surface area (Å²) in [4.78, 5) is 15.9. The third kappa shape index (κ3) is 10.3. The quantitative estimate of drug-likeness (QED) is 0.381. The maximum absolute atomic E-state index is 11.6. The Labute approximate surface area is 115 Å². The maximum Gasteiger partial charge on any atom is 0.242 e. The Morgan fingerprint density at radius 1 is 1.28 bits per heavy atom. The molecule has 0 aliphatic heterocycles. The molecule has 0 atom stereocenters. The zero-order chi connectivity index (χ0) is 14.0. The van der Waals surface area contributed by atoms with Crippen LogP contribution in [0.1, 0.15) is 27.7 Å². The van der Waals surface area contributed by atoms with Crippen molar-refractivity contribution in [2.45, 2.75) is 33.2 Å². The first-order chi connectivity index (χ1) is 8.39. The van der Waals surface area contributed by atoms with Crippen LogP contribution in [0.2, 0.25) is 0 Å². The van der Waals surface area contributed by atoms with E-state index in [1.165, 1.54) is 0 Å². The highest BCUT2D eigenvalue weighted by molar-refractivity contribution is 7.98. The summed E-state index contributed by atoms with van der Waals surface area (Å²) < 4.78 is 0. The van der Waals surface area contributed by atoms with Gasteiger partial charge < -0.3 is 16.0 Å². The Balaban J connectivity index is 4.17. The summed E-state index contributed by atoms with van der Waals surface area (Å²) in [7, 11) is 0. The monoisotopic (exact) mass is 274 g/mol. The minimum atomic E-state index is -0.211. The molecule has 0 saturated carbocycles. The fourth-order valence-corrected chi connectivity index (χ4v) is 1.53. The maximum atomic E-state index is 11.6. The Kier molecular flexibility index (Phi) is 8.62. The lowest BCUT2D eigenvalue weighted by atomic mass is 10.1. The van der Waals surface area contributed by atoms with Crippen molar-refractivity contribution in [2.75, 3.05) is 31.6 Å². The van der Waals surface area contributed by atoms with E-state index in [1.54, 1.807) is 11.8 Å². The van der Waals surface area contributed by atoms with Crippen molar-refractivity contribution in [3.05, 3.63) is 0 Å². The number of guanidine groups is 1. The summed E-state index contributed by atoms with van der Waals surface area (Å²) in [5.74, 6) is 1.64. The number of amides is 1. The number of nitrogens with zero attached hydrogens (tertiary/aromatic N) is 1. The van der Waals surface area contributed by atoms with Gasteiger partial charge in [-0.1, -0.05) is 0 Å². The fourth-order valence-electron chi connectivity index (χ4n) is 1.22. The molecule has 0 aliphatic rings. The van der Waals surface area contributed by atoms with Gasteiger partial charge >= 0.3 is 0 Å². The molecule has 0 spiro atoms. The minimum Gasteiger partial charge on any atom is -0.357 e. The molecule has 0 bridgehead atoms. The molecule has 0 saturated heterocycles. The van der Waals surface area contributed by atoms with Crippen molar-refractivity contribution in [3.8, 4) is 0 Å². The van der Waals surface area contributed by atoms with Crippen LogP contribution in [0.4, 0.5) is 0 Å². The molecule has 0 radical (unpaired) electrons. The molecule has 0 aromatic heterocycles. The minimum absolute atomic E-state index is 0.0652. The van der Waals surface area contributed by atoms with E-state index in [0.29, 0.717) is 5.96 Å². The Bertz CT molecular complexity index is 274. The molecule has 18 heavy (non-hydrogen) atoms. The number of hydrogen-bond donors (Lipinski definition) is 3. The average Bonchev–Trinajstić information content (AvgIpc) is 2.24. The lowest BCUT2D eigenvalue weighted by Gasteiger charge is -2.20. The van der Waals surface area contributed by atoms with Gasteiger partial charge in [0.1, 0.15) is 6.54 Å². The van der Waals surface area contributed by atoms with Crippen molar-refractivity contribution < 1.29 is 4.79 Å². The van der Waals surface area contributed by atoms with E-state index in [4.69, 9.17) is 0 Å². The van der Waals surface area contributed by atoms with Gasteiger partial charge in [-0.25, -0.2) is 4.99 Å². The number of carbonyl (C=O) groups is 1. The predicted molar refractivity (Wildman–Crippen MR) is 80.3 cm³/mol. The molecule has 0 heterocycles. The van der Waals surface area contributed by atoms with E-state index in [0.717, 1.165) is 18.8 Å². The van der Waals surface area contributed by atoms with Gasteiger partial charge in [0.25, 0.3) is 0 Å². The predicted octanol–water partition coefficient (Wildman–Crippen LogP) is 0.819. The molecule has 0 fully saturated rings. The van der Waals surface area contributed by atoms with Crippen LogP contribution in [0.25, 0.3) is 0 Å². The van der Waals surface area contributed by atoms with Crippen molar-refractivity contribution in [2.24, 2.45) is 4.99 Å². The highest BCUT2D eigenvalue weighted by Crippen LogP contribution is 1.97. The molecule has 6 heteroatoms. The molecule has 5 nitrogen and oxygen atoms in total. The van der Waals surface area contributed by atoms with Crippen LogP contribution < -0.4 is 16.0 Å². The highest BCUT2D eigenvalue weighted by atomic mass is 32.2. The van der Waals surface area contributed by atoms with Gasteiger partial charge in [0.2, 0.25) is 5.91 Å². The molecule has 106 valence electrons. The Hall–Kier alpha value is -0.910. The first-order valence-electron chi connectivity index (χ1n) is 6.21. The van der Waals surface area contributed by atoms with Crippen LogP contribution >= 0.6 is 11.8 Å². The molecular weight excluding hydrogens is 248 g/mol. The topological polar surface area (TPSA) is 65.5 Å². The van der Waals surface area contributed by atoms with E-state index in [1.807, 2.05) is 27.7 Å². The lowest BCUT2D eigenvalue weighted by molar-refractivity contribution is -0.121. The second kappa shape index (κ2) is 9.08. The first kappa shape index (κ1) is 17.1. The summed E-state index contributed by atoms with van der Waals surface area (Å²) in [5, 5.41) is 9.17. The summed E-state index contributed by atoms with van der Waals surface area (Å²) in [6.07, 6.45) is 2.06. The molecule has 0 aliphatic carbocycles. The van der Waals surface area contributed by atoms with Crippen LogP contribution in [0, 0.1) is 0 Å². The molecule has 0 rings (SSSR count). The van der Waals surface area contributed by atoms with Gasteiger partial charge in [0, 0.05) is 24.4 Å². The van der Waals surface area contributed by atoms with E-state index in [2.05, 4.69) is 27.2 Å². The number of hydrogen-bond acceptors (Lipinski definition) is 3. The van der Waals surface area contributed by atoms with Crippen molar-refractivity contribution in [1.82, 2.24) is 16.0 Å². The van der Waals surface area contributed by atoms with E-state index in [-0.39, 0.29) is 18.0 Å². The zero-order valence-corrected chi connectivity index (χ0v) is 12.9. The van der Waals surface area contributed by atoms with Gasteiger partial charge in [-0.2, -0.15) is 11.8 Å². The Morgan fingerprint density at radius 3 is 2.44 bits per heavy atom. The van der Waals surface area contributed by atoms with Gasteiger partial charge in [-0.05, 0) is 34.0 Å². The summed E-state index contributed by atoms with van der Waals surface area (Å²) in [5.41, 5.74) is -0.211. The normalized spacial score (nSPS) is 12.2. The lowest BCUT2D eigenvalue weighted by Crippen LogP contribution is -2.43. The van der Waals surface area contributed by atoms with Crippen LogP contribution in [0.3, 0.4) is 0 Å². The standard InChI is InChI=1S/C12H26N4OS/c1-6-13-11(14-7-8-18-5)15-9-10(17)16-12(2,3)4/h6-9H2,1-5H3,(H,16,17)(H2,13,14,15). The number of rotatable bonds is 6. The molecule has 0 unspecified atom stereocenters. The van der Waals surface area contributed by atoms with Gasteiger partial charge in [-0.15, -0.1) is 0 Å². The van der Waals surface area contributed by atoms with E-state index >= 15 is 0 Å². The van der Waals surface area contributed by atoms with Crippen LogP contribution in [0.5, 0.6) is 0 Å². The van der Waals surface area contributed by atoms with E-state index in [9.17, 15) is 4.79 Å². The summed E-state index contributed by atoms with van der Waals surface area (Å²) >= 11 is 1.77. The number of carbonyl (C=O) groups excluding carboxylic acids is 1. The number of aliphatic imine (C=N–C) groups is 1. The third-order valence-electron chi connectivity index (χ3n) is 1.84. The second-order valence-corrected chi connectivity index (χ2v) is 5.90. The van der Waals surface area contributed by atoms with Crippen molar-refractivity contribution >= 4 is 23.6 Å². The largest absolute Gasteiger partial charge is 0.357 e. The van der Waals surface area contributed by atoms with Crippen molar-refractivity contribution in [3.63, 3.8) is 0 Å². The van der Waals surface area contributed by atoms with Gasteiger partial charge in [-0.3, -0.25) is 4.79 Å². The third-order valence-corrected chi connectivity index (χ3v) is 2.45. The molecule has 0 aromatic rings. The second-order valence-electron chi connectivity index (χ2n) is 4.91. The summed E-state index contributed by atoms with van der Waals surface area (Å²) in [6, 6.07) is 0. The summed E-state index contributed by atoms with van der Waals surface area (Å²) in [6.45, 7) is 9.64. The molecule has 0 aromatic carbocycles. The molecular formula is C12H26N4OS. The molecule has 1 amide bonds. The smallest absolute Gasteiger partial charge is 0.242 e.